The zero-order valence-electron chi connectivity index (χ0n) is 13.8. The van der Waals surface area contributed by atoms with Crippen molar-refractivity contribution < 1.29 is 8.42 Å². The molecule has 2 N–H and O–H groups in total. The Balaban J connectivity index is 2.11. The molecule has 1 saturated heterocycles. The smallest absolute Gasteiger partial charge is 0.187 e. The summed E-state index contributed by atoms with van der Waals surface area (Å²) < 4.78 is 25.1. The molecule has 0 bridgehead atoms. The van der Waals surface area contributed by atoms with Crippen LogP contribution in [-0.4, -0.2) is 47.1 Å². The topological polar surface area (TPSA) is 88.4 Å². The summed E-state index contributed by atoms with van der Waals surface area (Å²) in [6.07, 6.45) is 2.29. The van der Waals surface area contributed by atoms with Gasteiger partial charge >= 0.3 is 0 Å². The van der Waals surface area contributed by atoms with E-state index < -0.39 is 9.84 Å². The van der Waals surface area contributed by atoms with Crippen LogP contribution in [-0.2, 0) is 9.84 Å². The largest absolute Gasteiger partial charge is 0.359 e. The SMILES string of the molecule is Cc1nn([C@H]2CCS(=O)(=O)C2)c(C)c1/C=N\NC(=S)NC(C)C. The van der Waals surface area contributed by atoms with Crippen molar-refractivity contribution in [2.24, 2.45) is 5.10 Å². The molecule has 0 spiro atoms. The van der Waals surface area contributed by atoms with Crippen molar-refractivity contribution >= 4 is 33.4 Å². The number of aryl methyl sites for hydroxylation is 1. The Kier molecular flexibility index (Phi) is 5.41. The quantitative estimate of drug-likeness (QED) is 0.476. The van der Waals surface area contributed by atoms with Gasteiger partial charge in [0.15, 0.2) is 14.9 Å². The van der Waals surface area contributed by atoms with E-state index in [1.165, 1.54) is 0 Å². The molecule has 0 aliphatic carbocycles. The van der Waals surface area contributed by atoms with E-state index in [0.717, 1.165) is 17.0 Å². The molecule has 1 aliphatic rings. The summed E-state index contributed by atoms with van der Waals surface area (Å²) in [7, 11) is -2.94. The molecule has 1 aliphatic heterocycles. The molecule has 0 unspecified atom stereocenters. The van der Waals surface area contributed by atoms with Gasteiger partial charge in [0.1, 0.15) is 0 Å². The first-order chi connectivity index (χ1) is 10.7. The van der Waals surface area contributed by atoms with Gasteiger partial charge in [0, 0.05) is 17.3 Å². The number of thiocarbonyl (C=S) groups is 1. The van der Waals surface area contributed by atoms with E-state index in [-0.39, 0.29) is 23.6 Å². The van der Waals surface area contributed by atoms with Crippen molar-refractivity contribution in [3.63, 3.8) is 0 Å². The summed E-state index contributed by atoms with van der Waals surface area (Å²) in [4.78, 5) is 0. The van der Waals surface area contributed by atoms with Crippen molar-refractivity contribution in [3.8, 4) is 0 Å². The van der Waals surface area contributed by atoms with Gasteiger partial charge in [-0.25, -0.2) is 8.42 Å². The molecule has 0 aromatic carbocycles. The minimum Gasteiger partial charge on any atom is -0.359 e. The van der Waals surface area contributed by atoms with Crippen LogP contribution in [0.25, 0.3) is 0 Å². The summed E-state index contributed by atoms with van der Waals surface area (Å²) in [5.41, 5.74) is 5.38. The summed E-state index contributed by atoms with van der Waals surface area (Å²) >= 11 is 5.11. The first-order valence-electron chi connectivity index (χ1n) is 7.55. The molecule has 9 heteroatoms. The molecule has 2 rings (SSSR count). The van der Waals surface area contributed by atoms with E-state index in [1.54, 1.807) is 6.21 Å². The Morgan fingerprint density at radius 3 is 2.74 bits per heavy atom. The number of hydrogen-bond acceptors (Lipinski definition) is 5. The second-order valence-corrected chi connectivity index (χ2v) is 8.72. The van der Waals surface area contributed by atoms with Gasteiger partial charge in [-0.05, 0) is 46.3 Å². The summed E-state index contributed by atoms with van der Waals surface area (Å²) in [5, 5.41) is 12.1. The molecule has 0 amide bonds. The molecule has 1 atom stereocenters. The third kappa shape index (κ3) is 4.51. The van der Waals surface area contributed by atoms with Crippen LogP contribution in [0.4, 0.5) is 0 Å². The molecule has 23 heavy (non-hydrogen) atoms. The highest BCUT2D eigenvalue weighted by Crippen LogP contribution is 2.26. The molecular formula is C14H23N5O2S2. The minimum atomic E-state index is -2.94. The lowest BCUT2D eigenvalue weighted by molar-refractivity contribution is 0.486. The Morgan fingerprint density at radius 2 is 2.17 bits per heavy atom. The Bertz CT molecular complexity index is 722. The number of aromatic nitrogens is 2. The van der Waals surface area contributed by atoms with Crippen molar-refractivity contribution in [3.05, 3.63) is 17.0 Å². The third-order valence-electron chi connectivity index (χ3n) is 3.71. The first kappa shape index (κ1) is 17.9. The average molecular weight is 358 g/mol. The van der Waals surface area contributed by atoms with Crippen molar-refractivity contribution in [2.45, 2.75) is 46.2 Å². The van der Waals surface area contributed by atoms with E-state index >= 15 is 0 Å². The lowest BCUT2D eigenvalue weighted by atomic mass is 10.2. The van der Waals surface area contributed by atoms with E-state index in [2.05, 4.69) is 20.9 Å². The molecule has 2 heterocycles. The fraction of sp³-hybridized carbons (Fsp3) is 0.643. The molecule has 1 aromatic heterocycles. The van der Waals surface area contributed by atoms with Crippen molar-refractivity contribution in [2.75, 3.05) is 11.5 Å². The molecule has 7 nitrogen and oxygen atoms in total. The maximum Gasteiger partial charge on any atom is 0.187 e. The fourth-order valence-corrected chi connectivity index (χ4v) is 4.62. The number of hydrazone groups is 1. The van der Waals surface area contributed by atoms with Gasteiger partial charge in [-0.1, -0.05) is 0 Å². The lowest BCUT2D eigenvalue weighted by Crippen LogP contribution is -2.36. The minimum absolute atomic E-state index is 0.0857. The van der Waals surface area contributed by atoms with Crippen LogP contribution in [0, 0.1) is 13.8 Å². The lowest BCUT2D eigenvalue weighted by Gasteiger charge is -2.11. The van der Waals surface area contributed by atoms with Gasteiger partial charge < -0.3 is 5.32 Å². The highest BCUT2D eigenvalue weighted by molar-refractivity contribution is 7.91. The second-order valence-electron chi connectivity index (χ2n) is 6.08. The predicted molar refractivity (Wildman–Crippen MR) is 95.6 cm³/mol. The second kappa shape index (κ2) is 6.96. The standard InChI is InChI=1S/C14H23N5O2S2/c1-9(2)16-14(22)17-15-7-13-10(3)18-19(11(13)4)12-5-6-23(20,21)8-12/h7,9,12H,5-6,8H2,1-4H3,(H2,16,17,22)/b15-7-/t12-/m0/s1. The van der Waals surface area contributed by atoms with Crippen LogP contribution < -0.4 is 10.7 Å². The number of nitrogens with one attached hydrogen (secondary N) is 2. The fourth-order valence-electron chi connectivity index (χ4n) is 2.64. The maximum atomic E-state index is 11.7. The molecule has 128 valence electrons. The van der Waals surface area contributed by atoms with Gasteiger partial charge in [-0.2, -0.15) is 10.2 Å². The summed E-state index contributed by atoms with van der Waals surface area (Å²) in [6.45, 7) is 7.80. The van der Waals surface area contributed by atoms with Gasteiger partial charge in [0.2, 0.25) is 0 Å². The zero-order chi connectivity index (χ0) is 17.2. The molecule has 1 aromatic rings. The van der Waals surface area contributed by atoms with Crippen LogP contribution in [0.15, 0.2) is 5.10 Å². The molecular weight excluding hydrogens is 334 g/mol. The normalized spacial score (nSPS) is 20.3. The van der Waals surface area contributed by atoms with Gasteiger partial charge in [-0.15, -0.1) is 0 Å². The zero-order valence-corrected chi connectivity index (χ0v) is 15.5. The number of sulfone groups is 1. The Labute approximate surface area is 142 Å². The van der Waals surface area contributed by atoms with Crippen LogP contribution in [0.5, 0.6) is 0 Å². The van der Waals surface area contributed by atoms with Crippen molar-refractivity contribution in [1.82, 2.24) is 20.5 Å². The predicted octanol–water partition coefficient (Wildman–Crippen LogP) is 1.07. The van der Waals surface area contributed by atoms with Gasteiger partial charge in [-0.3, -0.25) is 10.1 Å². The van der Waals surface area contributed by atoms with E-state index in [1.807, 2.05) is 32.4 Å². The summed E-state index contributed by atoms with van der Waals surface area (Å²) in [5.74, 6) is 0.391. The highest BCUT2D eigenvalue weighted by atomic mass is 32.2. The number of hydrogen-bond donors (Lipinski definition) is 2. The van der Waals surface area contributed by atoms with Gasteiger partial charge in [0.25, 0.3) is 0 Å². The highest BCUT2D eigenvalue weighted by Gasteiger charge is 2.31. The number of nitrogens with zero attached hydrogens (tertiary/aromatic N) is 3. The third-order valence-corrected chi connectivity index (χ3v) is 5.67. The molecule has 0 radical (unpaired) electrons. The van der Waals surface area contributed by atoms with E-state index in [4.69, 9.17) is 12.2 Å². The molecule has 0 saturated carbocycles. The van der Waals surface area contributed by atoms with Gasteiger partial charge in [0.05, 0.1) is 29.5 Å². The molecule has 1 fully saturated rings. The van der Waals surface area contributed by atoms with E-state index in [9.17, 15) is 8.42 Å². The number of rotatable bonds is 4. The van der Waals surface area contributed by atoms with Crippen LogP contribution in [0.3, 0.4) is 0 Å². The van der Waals surface area contributed by atoms with Crippen LogP contribution >= 0.6 is 12.2 Å². The Hall–Kier alpha value is -1.48. The Morgan fingerprint density at radius 1 is 1.48 bits per heavy atom. The van der Waals surface area contributed by atoms with Crippen LogP contribution in [0.2, 0.25) is 0 Å². The average Bonchev–Trinajstić information content (AvgIpc) is 2.91. The monoisotopic (exact) mass is 357 g/mol. The summed E-state index contributed by atoms with van der Waals surface area (Å²) in [6, 6.07) is 0.151. The van der Waals surface area contributed by atoms with E-state index in [0.29, 0.717) is 11.5 Å². The van der Waals surface area contributed by atoms with Crippen LogP contribution in [0.1, 0.15) is 43.3 Å². The first-order valence-corrected chi connectivity index (χ1v) is 9.78. The van der Waals surface area contributed by atoms with Crippen molar-refractivity contribution in [1.29, 1.82) is 0 Å². The maximum absolute atomic E-state index is 11.7.